The molecule has 1 aliphatic carbocycles. The highest BCUT2D eigenvalue weighted by atomic mass is 35.9. The molecule has 0 N–H and O–H groups in total. The molecule has 0 saturated carbocycles. The van der Waals surface area contributed by atoms with Crippen LogP contribution in [0.25, 0.3) is 11.8 Å². The summed E-state index contributed by atoms with van der Waals surface area (Å²) in [6.07, 6.45) is 0.139. The van der Waals surface area contributed by atoms with Gasteiger partial charge in [0.05, 0.1) is 0 Å². The first kappa shape index (κ1) is 11.1. The van der Waals surface area contributed by atoms with E-state index in [-0.39, 0.29) is 0 Å². The lowest BCUT2D eigenvalue weighted by Crippen LogP contribution is -2.29. The molecule has 0 aromatic heterocycles. The molecule has 0 unspecified atom stereocenters. The Balaban J connectivity index is 2.57. The fraction of sp³-hybridized carbons (Fsp3) is 0.200. The molecule has 0 radical (unpaired) electrons. The molecule has 0 heterocycles. The van der Waals surface area contributed by atoms with E-state index in [9.17, 15) is 4.57 Å². The third-order valence-corrected chi connectivity index (χ3v) is 3.06. The van der Waals surface area contributed by atoms with Crippen LogP contribution in [0.1, 0.15) is 12.8 Å². The molecule has 1 aliphatic rings. The van der Waals surface area contributed by atoms with Crippen molar-refractivity contribution in [1.29, 1.82) is 0 Å². The van der Waals surface area contributed by atoms with Crippen LogP contribution >= 0.6 is 28.6 Å². The molecule has 2 nitrogen and oxygen atoms in total. The largest absolute Gasteiger partial charge is 0.427 e. The van der Waals surface area contributed by atoms with Gasteiger partial charge in [-0.1, -0.05) is 30.3 Å². The Hall–Kier alpha value is -0.430. The number of hydrogen-bond acceptors (Lipinski definition) is 2. The first-order valence-corrected chi connectivity index (χ1v) is 7.97. The van der Waals surface area contributed by atoms with E-state index in [1.807, 2.05) is 24.3 Å². The van der Waals surface area contributed by atoms with Crippen LogP contribution in [0.5, 0.6) is 0 Å². The quantitative estimate of drug-likeness (QED) is 0.767. The van der Waals surface area contributed by atoms with Gasteiger partial charge < -0.3 is 4.52 Å². The van der Waals surface area contributed by atoms with Gasteiger partial charge in [-0.25, -0.2) is 4.57 Å². The molecule has 0 saturated heterocycles. The Morgan fingerprint density at radius 1 is 1.27 bits per heavy atom. The van der Waals surface area contributed by atoms with Crippen molar-refractivity contribution < 1.29 is 9.09 Å². The van der Waals surface area contributed by atoms with Gasteiger partial charge in [0.25, 0.3) is 0 Å². The van der Waals surface area contributed by atoms with Crippen molar-refractivity contribution in [3.8, 4) is 0 Å². The van der Waals surface area contributed by atoms with Gasteiger partial charge in [0, 0.05) is 34.1 Å². The summed E-state index contributed by atoms with van der Waals surface area (Å²) in [7, 11) is 0. The van der Waals surface area contributed by atoms with Crippen LogP contribution in [-0.4, -0.2) is 0 Å². The highest BCUT2D eigenvalue weighted by Crippen LogP contribution is 2.59. The van der Waals surface area contributed by atoms with Crippen molar-refractivity contribution in [3.63, 3.8) is 0 Å². The first-order chi connectivity index (χ1) is 7.06. The molecule has 1 aromatic rings. The summed E-state index contributed by atoms with van der Waals surface area (Å²) >= 11 is 10.8. The molecule has 0 amide bonds. The number of fused-ring (bicyclic) bond motifs is 1. The zero-order valence-electron chi connectivity index (χ0n) is 7.82. The average Bonchev–Trinajstić information content (AvgIpc) is 2.16. The zero-order valence-corrected chi connectivity index (χ0v) is 10.2. The SMILES string of the molecule is O=P(Cl)(Cl)OC1=c2ccccc2=CCC1. The van der Waals surface area contributed by atoms with Gasteiger partial charge in [-0.15, -0.1) is 0 Å². The smallest absolute Gasteiger partial charge is 0.426 e. The molecule has 80 valence electrons. The van der Waals surface area contributed by atoms with E-state index >= 15 is 0 Å². The monoisotopic (exact) mass is 262 g/mol. The Kier molecular flexibility index (Phi) is 3.11. The fourth-order valence-electron chi connectivity index (χ4n) is 1.65. The summed E-state index contributed by atoms with van der Waals surface area (Å²) in [5.41, 5.74) is 0. The van der Waals surface area contributed by atoms with E-state index < -0.39 is 6.07 Å². The summed E-state index contributed by atoms with van der Waals surface area (Å²) in [5.74, 6) is 0.612. The molecule has 0 bridgehead atoms. The van der Waals surface area contributed by atoms with Gasteiger partial charge in [0.15, 0.2) is 0 Å². The second kappa shape index (κ2) is 4.21. The van der Waals surface area contributed by atoms with Gasteiger partial charge in [-0.05, 0) is 11.6 Å². The van der Waals surface area contributed by atoms with Crippen LogP contribution in [0, 0.1) is 0 Å². The molecule has 0 aliphatic heterocycles. The van der Waals surface area contributed by atoms with Crippen molar-refractivity contribution in [2.45, 2.75) is 12.8 Å². The molecule has 15 heavy (non-hydrogen) atoms. The molecule has 1 aromatic carbocycles. The van der Waals surface area contributed by atoms with E-state index in [1.165, 1.54) is 0 Å². The maximum Gasteiger partial charge on any atom is 0.427 e. The second-order valence-electron chi connectivity index (χ2n) is 3.26. The molecule has 0 spiro atoms. The minimum absolute atomic E-state index is 0.612. The Labute approximate surface area is 97.2 Å². The van der Waals surface area contributed by atoms with Crippen molar-refractivity contribution in [2.24, 2.45) is 0 Å². The maximum absolute atomic E-state index is 11.2. The van der Waals surface area contributed by atoms with Crippen LogP contribution in [0.4, 0.5) is 0 Å². The standard InChI is InChI=1S/C10H9Cl2O2P/c11-15(12,13)14-10-7-3-5-8-4-1-2-6-9(8)10/h1-2,4-6H,3,7H2. The molecule has 0 atom stereocenters. The van der Waals surface area contributed by atoms with Crippen molar-refractivity contribution in [2.75, 3.05) is 0 Å². The third kappa shape index (κ3) is 2.78. The van der Waals surface area contributed by atoms with Crippen LogP contribution < -0.4 is 10.4 Å². The van der Waals surface area contributed by atoms with Gasteiger partial charge >= 0.3 is 6.07 Å². The maximum atomic E-state index is 11.2. The number of rotatable bonds is 2. The van der Waals surface area contributed by atoms with Gasteiger partial charge in [0.2, 0.25) is 0 Å². The molecule has 5 heteroatoms. The fourth-order valence-corrected chi connectivity index (χ4v) is 2.59. The van der Waals surface area contributed by atoms with E-state index in [4.69, 9.17) is 27.0 Å². The highest BCUT2D eigenvalue weighted by Gasteiger charge is 2.19. The van der Waals surface area contributed by atoms with E-state index in [0.29, 0.717) is 12.2 Å². The predicted molar refractivity (Wildman–Crippen MR) is 63.2 cm³/mol. The van der Waals surface area contributed by atoms with Gasteiger partial charge in [-0.2, -0.15) is 0 Å². The minimum atomic E-state index is -3.50. The van der Waals surface area contributed by atoms with Crippen LogP contribution in [0.2, 0.25) is 0 Å². The minimum Gasteiger partial charge on any atom is -0.426 e. The van der Waals surface area contributed by atoms with Crippen molar-refractivity contribution in [1.82, 2.24) is 0 Å². The number of benzene rings is 1. The Morgan fingerprint density at radius 3 is 2.73 bits per heavy atom. The molecule has 2 rings (SSSR count). The molecule has 0 fully saturated rings. The summed E-state index contributed by atoms with van der Waals surface area (Å²) in [4.78, 5) is 0. The topological polar surface area (TPSA) is 26.3 Å². The molecular weight excluding hydrogens is 254 g/mol. The van der Waals surface area contributed by atoms with Crippen LogP contribution in [-0.2, 0) is 9.09 Å². The van der Waals surface area contributed by atoms with Crippen molar-refractivity contribution in [3.05, 3.63) is 34.7 Å². The summed E-state index contributed by atoms with van der Waals surface area (Å²) in [6, 6.07) is 7.73. The predicted octanol–water partition coefficient (Wildman–Crippen LogP) is 2.97. The van der Waals surface area contributed by atoms with E-state index in [1.54, 1.807) is 0 Å². The Bertz CT molecular complexity index is 533. The lowest BCUT2D eigenvalue weighted by Gasteiger charge is -2.12. The van der Waals surface area contributed by atoms with E-state index in [0.717, 1.165) is 16.9 Å². The van der Waals surface area contributed by atoms with Gasteiger partial charge in [-0.3, -0.25) is 0 Å². The summed E-state index contributed by atoms with van der Waals surface area (Å²) in [5, 5.41) is 1.99. The third-order valence-electron chi connectivity index (χ3n) is 2.21. The van der Waals surface area contributed by atoms with E-state index in [2.05, 4.69) is 6.08 Å². The van der Waals surface area contributed by atoms with Gasteiger partial charge in [0.1, 0.15) is 5.76 Å². The van der Waals surface area contributed by atoms with Crippen LogP contribution in [0.3, 0.4) is 0 Å². The summed E-state index contributed by atoms with van der Waals surface area (Å²) in [6.45, 7) is 0. The highest BCUT2D eigenvalue weighted by molar-refractivity contribution is 8.05. The first-order valence-electron chi connectivity index (χ1n) is 4.54. The summed E-state index contributed by atoms with van der Waals surface area (Å²) < 4.78 is 16.3. The lowest BCUT2D eigenvalue weighted by molar-refractivity contribution is 0.473. The zero-order chi connectivity index (χ0) is 10.9. The lowest BCUT2D eigenvalue weighted by atomic mass is 10.1. The number of hydrogen-bond donors (Lipinski definition) is 0. The van der Waals surface area contributed by atoms with Crippen molar-refractivity contribution >= 4 is 40.4 Å². The molecular formula is C10H9Cl2O2P. The second-order valence-corrected chi connectivity index (χ2v) is 7.46. The Morgan fingerprint density at radius 2 is 2.00 bits per heavy atom. The normalized spacial score (nSPS) is 15.5. The average molecular weight is 263 g/mol. The number of halogens is 2. The van der Waals surface area contributed by atoms with Crippen LogP contribution in [0.15, 0.2) is 24.3 Å².